The van der Waals surface area contributed by atoms with E-state index in [0.717, 1.165) is 18.2 Å². The average molecular weight is 340 g/mol. The molecular weight excluding hydrogens is 325 g/mol. The van der Waals surface area contributed by atoms with E-state index in [9.17, 15) is 22.8 Å². The molecule has 1 aromatic carbocycles. The maximum absolute atomic E-state index is 12.5. The molecule has 128 valence electrons. The average Bonchev–Trinajstić information content (AvgIpc) is 2.53. The Morgan fingerprint density at radius 2 is 1.88 bits per heavy atom. The summed E-state index contributed by atoms with van der Waals surface area (Å²) in [6.45, 7) is 1.62. The van der Waals surface area contributed by atoms with E-state index in [4.69, 9.17) is 0 Å². The van der Waals surface area contributed by atoms with Crippen molar-refractivity contribution >= 4 is 11.9 Å². The number of benzene rings is 1. The minimum Gasteiger partial charge on any atom is -0.359 e. The summed E-state index contributed by atoms with van der Waals surface area (Å²) < 4.78 is 37.6. The van der Waals surface area contributed by atoms with E-state index in [1.54, 1.807) is 6.92 Å². The van der Waals surface area contributed by atoms with Crippen molar-refractivity contribution in [1.82, 2.24) is 15.3 Å². The number of anilines is 1. The van der Waals surface area contributed by atoms with Gasteiger partial charge in [0, 0.05) is 13.1 Å². The van der Waals surface area contributed by atoms with Gasteiger partial charge in [-0.05, 0) is 24.6 Å². The SMILES string of the molecule is CNc1nc(C(=O)NC(C)c2ccc(C(F)(F)F)cc2)cc(=O)[nH]1. The van der Waals surface area contributed by atoms with Crippen molar-refractivity contribution in [3.63, 3.8) is 0 Å². The predicted molar refractivity (Wildman–Crippen MR) is 81.7 cm³/mol. The lowest BCUT2D eigenvalue weighted by Crippen LogP contribution is -2.29. The Morgan fingerprint density at radius 3 is 2.42 bits per heavy atom. The van der Waals surface area contributed by atoms with Crippen LogP contribution in [0, 0.1) is 0 Å². The molecule has 0 saturated carbocycles. The fourth-order valence-electron chi connectivity index (χ4n) is 2.01. The van der Waals surface area contributed by atoms with Crippen LogP contribution in [0.2, 0.25) is 0 Å². The van der Waals surface area contributed by atoms with Gasteiger partial charge in [0.15, 0.2) is 0 Å². The summed E-state index contributed by atoms with van der Waals surface area (Å²) in [5.74, 6) is -0.472. The number of aromatic amines is 1. The lowest BCUT2D eigenvalue weighted by Gasteiger charge is -2.15. The molecule has 1 unspecified atom stereocenters. The van der Waals surface area contributed by atoms with Crippen LogP contribution in [0.1, 0.15) is 34.6 Å². The third-order valence-electron chi connectivity index (χ3n) is 3.30. The van der Waals surface area contributed by atoms with Crippen LogP contribution in [0.3, 0.4) is 0 Å². The summed E-state index contributed by atoms with van der Waals surface area (Å²) >= 11 is 0. The van der Waals surface area contributed by atoms with E-state index >= 15 is 0 Å². The molecule has 9 heteroatoms. The Bertz CT molecular complexity index is 785. The molecule has 0 saturated heterocycles. The maximum atomic E-state index is 12.5. The van der Waals surface area contributed by atoms with Gasteiger partial charge in [0.05, 0.1) is 11.6 Å². The fourth-order valence-corrected chi connectivity index (χ4v) is 2.01. The van der Waals surface area contributed by atoms with Crippen molar-refractivity contribution in [2.75, 3.05) is 12.4 Å². The first-order valence-electron chi connectivity index (χ1n) is 6.98. The second-order valence-electron chi connectivity index (χ2n) is 5.04. The second kappa shape index (κ2) is 6.73. The number of nitrogens with zero attached hydrogens (tertiary/aromatic N) is 1. The summed E-state index contributed by atoms with van der Waals surface area (Å²) in [6, 6.07) is 4.95. The number of carbonyl (C=O) groups excluding carboxylic acids is 1. The van der Waals surface area contributed by atoms with Gasteiger partial charge in [-0.1, -0.05) is 12.1 Å². The molecular formula is C15H15F3N4O2. The minimum absolute atomic E-state index is 0.0955. The van der Waals surface area contributed by atoms with Gasteiger partial charge in [-0.3, -0.25) is 14.6 Å². The van der Waals surface area contributed by atoms with Crippen molar-refractivity contribution in [2.45, 2.75) is 19.1 Å². The zero-order chi connectivity index (χ0) is 17.9. The van der Waals surface area contributed by atoms with Gasteiger partial charge in [-0.2, -0.15) is 13.2 Å². The molecule has 1 atom stereocenters. The first-order valence-corrected chi connectivity index (χ1v) is 6.98. The predicted octanol–water partition coefficient (Wildman–Crippen LogP) is 2.32. The van der Waals surface area contributed by atoms with E-state index in [2.05, 4.69) is 20.6 Å². The molecule has 6 nitrogen and oxygen atoms in total. The van der Waals surface area contributed by atoms with Crippen LogP contribution in [0.25, 0.3) is 0 Å². The van der Waals surface area contributed by atoms with Gasteiger partial charge in [-0.25, -0.2) is 4.98 Å². The zero-order valence-electron chi connectivity index (χ0n) is 12.9. The number of nitrogens with one attached hydrogen (secondary N) is 3. The van der Waals surface area contributed by atoms with Gasteiger partial charge in [0.1, 0.15) is 5.69 Å². The van der Waals surface area contributed by atoms with Gasteiger partial charge < -0.3 is 10.6 Å². The number of alkyl halides is 3. The van der Waals surface area contributed by atoms with Crippen LogP contribution >= 0.6 is 0 Å². The first kappa shape index (κ1) is 17.5. The number of carbonyl (C=O) groups is 1. The number of H-pyrrole nitrogens is 1. The van der Waals surface area contributed by atoms with Crippen molar-refractivity contribution < 1.29 is 18.0 Å². The topological polar surface area (TPSA) is 86.9 Å². The standard InChI is InChI=1S/C15H15F3N4O2/c1-8(9-3-5-10(6-4-9)15(16,17)18)20-13(24)11-7-12(23)22-14(19-2)21-11/h3-8H,1-2H3,(H,20,24)(H2,19,21,22,23). The lowest BCUT2D eigenvalue weighted by atomic mass is 10.1. The molecule has 0 fully saturated rings. The highest BCUT2D eigenvalue weighted by Gasteiger charge is 2.30. The zero-order valence-corrected chi connectivity index (χ0v) is 12.9. The molecule has 3 N–H and O–H groups in total. The summed E-state index contributed by atoms with van der Waals surface area (Å²) in [7, 11) is 1.53. The Labute approximate surface area is 135 Å². The summed E-state index contributed by atoms with van der Waals surface area (Å²) in [5.41, 5.74) is -0.863. The third kappa shape index (κ3) is 4.12. The lowest BCUT2D eigenvalue weighted by molar-refractivity contribution is -0.137. The van der Waals surface area contributed by atoms with Gasteiger partial charge in [-0.15, -0.1) is 0 Å². The monoisotopic (exact) mass is 340 g/mol. The molecule has 1 heterocycles. The summed E-state index contributed by atoms with van der Waals surface area (Å²) in [4.78, 5) is 29.9. The van der Waals surface area contributed by atoms with E-state index in [1.807, 2.05) is 0 Å². The minimum atomic E-state index is -4.41. The third-order valence-corrected chi connectivity index (χ3v) is 3.30. The number of aromatic nitrogens is 2. The molecule has 0 bridgehead atoms. The smallest absolute Gasteiger partial charge is 0.359 e. The Balaban J connectivity index is 2.14. The van der Waals surface area contributed by atoms with Crippen LogP contribution in [0.5, 0.6) is 0 Å². The van der Waals surface area contributed by atoms with E-state index in [0.29, 0.717) is 5.56 Å². The number of halogens is 3. The summed E-state index contributed by atoms with van der Waals surface area (Å²) in [5, 5.41) is 5.20. The molecule has 0 aliphatic heterocycles. The van der Waals surface area contributed by atoms with Crippen LogP contribution in [-0.2, 0) is 6.18 Å². The highest BCUT2D eigenvalue weighted by Crippen LogP contribution is 2.29. The molecule has 2 rings (SSSR count). The molecule has 0 radical (unpaired) electrons. The van der Waals surface area contributed by atoms with E-state index in [-0.39, 0.29) is 11.6 Å². The normalized spacial score (nSPS) is 12.5. The Kier molecular flexibility index (Phi) is 4.91. The molecule has 0 aliphatic carbocycles. The molecule has 0 aliphatic rings. The Morgan fingerprint density at radius 1 is 1.25 bits per heavy atom. The molecule has 0 spiro atoms. The molecule has 2 aromatic rings. The van der Waals surface area contributed by atoms with Crippen LogP contribution in [-0.4, -0.2) is 22.9 Å². The molecule has 24 heavy (non-hydrogen) atoms. The van der Waals surface area contributed by atoms with Crippen molar-refractivity contribution in [1.29, 1.82) is 0 Å². The van der Waals surface area contributed by atoms with Gasteiger partial charge >= 0.3 is 6.18 Å². The van der Waals surface area contributed by atoms with Crippen molar-refractivity contribution in [3.8, 4) is 0 Å². The Hall–Kier alpha value is -2.84. The summed E-state index contributed by atoms with van der Waals surface area (Å²) in [6.07, 6.45) is -4.41. The van der Waals surface area contributed by atoms with Crippen LogP contribution in [0.4, 0.5) is 19.1 Å². The largest absolute Gasteiger partial charge is 0.416 e. The van der Waals surface area contributed by atoms with Crippen molar-refractivity contribution in [2.24, 2.45) is 0 Å². The number of hydrogen-bond donors (Lipinski definition) is 3. The number of amides is 1. The first-order chi connectivity index (χ1) is 11.2. The maximum Gasteiger partial charge on any atom is 0.416 e. The van der Waals surface area contributed by atoms with E-state index < -0.39 is 29.2 Å². The van der Waals surface area contributed by atoms with Crippen LogP contribution < -0.4 is 16.2 Å². The van der Waals surface area contributed by atoms with Crippen LogP contribution in [0.15, 0.2) is 35.1 Å². The fraction of sp³-hybridized carbons (Fsp3) is 0.267. The molecule has 1 aromatic heterocycles. The second-order valence-corrected chi connectivity index (χ2v) is 5.04. The number of hydrogen-bond acceptors (Lipinski definition) is 4. The quantitative estimate of drug-likeness (QED) is 0.797. The van der Waals surface area contributed by atoms with Gasteiger partial charge in [0.2, 0.25) is 5.95 Å². The number of rotatable bonds is 4. The molecule has 1 amide bonds. The highest BCUT2D eigenvalue weighted by atomic mass is 19.4. The van der Waals surface area contributed by atoms with Crippen molar-refractivity contribution in [3.05, 3.63) is 57.5 Å². The van der Waals surface area contributed by atoms with E-state index in [1.165, 1.54) is 19.2 Å². The van der Waals surface area contributed by atoms with Gasteiger partial charge in [0.25, 0.3) is 11.5 Å². The highest BCUT2D eigenvalue weighted by molar-refractivity contribution is 5.92.